The Kier molecular flexibility index (Phi) is 7.76. The molecule has 162 valence electrons. The fourth-order valence-corrected chi connectivity index (χ4v) is 5.72. The Labute approximate surface area is 198 Å². The summed E-state index contributed by atoms with van der Waals surface area (Å²) in [4.78, 5) is 12.0. The molecular weight excluding hydrogens is 460 g/mol. The van der Waals surface area contributed by atoms with Crippen molar-refractivity contribution in [2.45, 2.75) is 14.4 Å². The number of thioether (sulfide) groups is 2. The van der Waals surface area contributed by atoms with Gasteiger partial charge in [0.25, 0.3) is 5.91 Å². The number of carbonyl (C=O) groups is 1. The highest BCUT2D eigenvalue weighted by molar-refractivity contribution is 8.03. The van der Waals surface area contributed by atoms with Gasteiger partial charge in [0.15, 0.2) is 8.68 Å². The summed E-state index contributed by atoms with van der Waals surface area (Å²) in [6.45, 7) is 0. The molecule has 0 bridgehead atoms. The molecule has 32 heavy (non-hydrogen) atoms. The van der Waals surface area contributed by atoms with E-state index in [2.05, 4.69) is 57.1 Å². The number of fused-ring (bicyclic) bond motifs is 1. The second-order valence-corrected chi connectivity index (χ2v) is 10.0. The van der Waals surface area contributed by atoms with E-state index < -0.39 is 0 Å². The fourth-order valence-electron chi connectivity index (χ4n) is 2.90. The van der Waals surface area contributed by atoms with Crippen LogP contribution in [-0.4, -0.2) is 35.2 Å². The smallest absolute Gasteiger partial charge is 0.250 e. The van der Waals surface area contributed by atoms with Crippen LogP contribution in [0, 0.1) is 0 Å². The van der Waals surface area contributed by atoms with Crippen molar-refractivity contribution in [1.82, 2.24) is 15.6 Å². The van der Waals surface area contributed by atoms with Crippen LogP contribution < -0.4 is 10.2 Å². The van der Waals surface area contributed by atoms with E-state index in [1.807, 2.05) is 30.3 Å². The van der Waals surface area contributed by atoms with Crippen LogP contribution in [-0.2, 0) is 10.5 Å². The van der Waals surface area contributed by atoms with Crippen molar-refractivity contribution in [3.05, 3.63) is 77.9 Å². The molecular formula is C23H20N4O2S3. The molecule has 0 saturated carbocycles. The van der Waals surface area contributed by atoms with Crippen LogP contribution in [0.4, 0.5) is 0 Å². The normalized spacial score (nSPS) is 11.2. The molecule has 0 fully saturated rings. The molecule has 1 amide bonds. The Hall–Kier alpha value is -2.88. The SMILES string of the molecule is COc1ccc(C=NNC(=O)CSc2nnc(SCc3cccc4ccccc34)s2)cc1. The summed E-state index contributed by atoms with van der Waals surface area (Å²) in [5.74, 6) is 1.62. The maximum atomic E-state index is 12.0. The fraction of sp³-hybridized carbons (Fsp3) is 0.130. The minimum Gasteiger partial charge on any atom is -0.497 e. The van der Waals surface area contributed by atoms with Crippen molar-refractivity contribution < 1.29 is 9.53 Å². The first-order valence-corrected chi connectivity index (χ1v) is 12.5. The van der Waals surface area contributed by atoms with Crippen molar-refractivity contribution in [2.24, 2.45) is 5.10 Å². The van der Waals surface area contributed by atoms with Crippen molar-refractivity contribution >= 4 is 57.8 Å². The number of hydrogen-bond donors (Lipinski definition) is 1. The molecule has 4 aromatic rings. The number of ether oxygens (including phenoxy) is 1. The number of methoxy groups -OCH3 is 1. The Balaban J connectivity index is 1.24. The van der Waals surface area contributed by atoms with Gasteiger partial charge in [0.2, 0.25) is 0 Å². The highest BCUT2D eigenvalue weighted by atomic mass is 32.2. The van der Waals surface area contributed by atoms with Gasteiger partial charge in [-0.1, -0.05) is 77.3 Å². The molecule has 4 rings (SSSR count). The predicted molar refractivity (Wildman–Crippen MR) is 133 cm³/mol. The zero-order valence-electron chi connectivity index (χ0n) is 17.2. The lowest BCUT2D eigenvalue weighted by molar-refractivity contribution is -0.118. The van der Waals surface area contributed by atoms with E-state index in [1.54, 1.807) is 25.1 Å². The lowest BCUT2D eigenvalue weighted by Gasteiger charge is -2.04. The lowest BCUT2D eigenvalue weighted by atomic mass is 10.1. The van der Waals surface area contributed by atoms with Crippen LogP contribution in [0.15, 0.2) is 80.5 Å². The number of carbonyl (C=O) groups excluding carboxylic acids is 1. The second kappa shape index (κ2) is 11.1. The number of nitrogens with one attached hydrogen (secondary N) is 1. The van der Waals surface area contributed by atoms with Crippen LogP contribution in [0.25, 0.3) is 10.8 Å². The Morgan fingerprint density at radius 1 is 1.03 bits per heavy atom. The van der Waals surface area contributed by atoms with Crippen molar-refractivity contribution in [3.63, 3.8) is 0 Å². The number of hydrazone groups is 1. The zero-order chi connectivity index (χ0) is 22.2. The minimum absolute atomic E-state index is 0.195. The first-order chi connectivity index (χ1) is 15.7. The molecule has 6 nitrogen and oxygen atoms in total. The van der Waals surface area contributed by atoms with Gasteiger partial charge in [-0.15, -0.1) is 10.2 Å². The number of aromatic nitrogens is 2. The van der Waals surface area contributed by atoms with Gasteiger partial charge in [0, 0.05) is 5.75 Å². The Morgan fingerprint density at radius 2 is 1.78 bits per heavy atom. The minimum atomic E-state index is -0.195. The maximum Gasteiger partial charge on any atom is 0.250 e. The van der Waals surface area contributed by atoms with E-state index >= 15 is 0 Å². The van der Waals surface area contributed by atoms with Crippen molar-refractivity contribution in [3.8, 4) is 5.75 Å². The molecule has 0 atom stereocenters. The van der Waals surface area contributed by atoms with E-state index in [9.17, 15) is 4.79 Å². The summed E-state index contributed by atoms with van der Waals surface area (Å²) >= 11 is 4.51. The maximum absolute atomic E-state index is 12.0. The van der Waals surface area contributed by atoms with Crippen LogP contribution in [0.1, 0.15) is 11.1 Å². The first-order valence-electron chi connectivity index (χ1n) is 9.73. The molecule has 9 heteroatoms. The molecule has 1 heterocycles. The van der Waals surface area contributed by atoms with Gasteiger partial charge in [-0.25, -0.2) is 5.43 Å². The van der Waals surface area contributed by atoms with Crippen LogP contribution in [0.2, 0.25) is 0 Å². The Morgan fingerprint density at radius 3 is 2.59 bits per heavy atom. The lowest BCUT2D eigenvalue weighted by Crippen LogP contribution is -2.19. The third-order valence-corrected chi connectivity index (χ3v) is 7.70. The molecule has 0 aliphatic heterocycles. The summed E-state index contributed by atoms with van der Waals surface area (Å²) in [5, 5.41) is 14.9. The van der Waals surface area contributed by atoms with Crippen molar-refractivity contribution in [1.29, 1.82) is 0 Å². The topological polar surface area (TPSA) is 76.5 Å². The molecule has 0 aliphatic carbocycles. The monoisotopic (exact) mass is 480 g/mol. The molecule has 0 aliphatic rings. The van der Waals surface area contributed by atoms with Gasteiger partial charge in [-0.2, -0.15) is 5.10 Å². The Bertz CT molecular complexity index is 1220. The number of rotatable bonds is 9. The molecule has 0 spiro atoms. The number of nitrogens with zero attached hydrogens (tertiary/aromatic N) is 3. The van der Waals surface area contributed by atoms with Crippen LogP contribution >= 0.6 is 34.9 Å². The summed E-state index contributed by atoms with van der Waals surface area (Å²) in [6, 6.07) is 22.1. The molecule has 1 aromatic heterocycles. The van der Waals surface area contributed by atoms with E-state index in [-0.39, 0.29) is 11.7 Å². The number of amides is 1. The van der Waals surface area contributed by atoms with Crippen LogP contribution in [0.3, 0.4) is 0 Å². The molecule has 1 N–H and O–H groups in total. The third kappa shape index (κ3) is 6.09. The second-order valence-electron chi connectivity index (χ2n) is 6.62. The quantitative estimate of drug-likeness (QED) is 0.201. The van der Waals surface area contributed by atoms with E-state index in [0.29, 0.717) is 0 Å². The molecule has 0 saturated heterocycles. The van der Waals surface area contributed by atoms with Gasteiger partial charge < -0.3 is 4.74 Å². The predicted octanol–water partition coefficient (Wildman–Crippen LogP) is 5.23. The highest BCUT2D eigenvalue weighted by Crippen LogP contribution is 2.32. The van der Waals surface area contributed by atoms with E-state index in [0.717, 1.165) is 25.7 Å². The summed E-state index contributed by atoms with van der Waals surface area (Å²) in [6.07, 6.45) is 1.59. The van der Waals surface area contributed by atoms with Crippen LogP contribution in [0.5, 0.6) is 5.75 Å². The third-order valence-electron chi connectivity index (χ3n) is 4.46. The van der Waals surface area contributed by atoms with E-state index in [4.69, 9.17) is 4.74 Å². The molecule has 3 aromatic carbocycles. The number of hydrogen-bond acceptors (Lipinski definition) is 8. The zero-order valence-corrected chi connectivity index (χ0v) is 19.7. The standard InChI is InChI=1S/C23H20N4O2S3/c1-29-19-11-9-16(10-12-19)13-24-25-21(28)15-31-23-27-26-22(32-23)30-14-18-7-4-6-17-5-2-3-8-20(17)18/h2-13H,14-15H2,1H3,(H,25,28). The van der Waals surface area contributed by atoms with Gasteiger partial charge in [0.1, 0.15) is 5.75 Å². The average Bonchev–Trinajstić information content (AvgIpc) is 3.30. The van der Waals surface area contributed by atoms with Gasteiger partial charge in [-0.05, 0) is 46.2 Å². The average molecular weight is 481 g/mol. The summed E-state index contributed by atoms with van der Waals surface area (Å²) < 4.78 is 6.76. The number of benzene rings is 3. The molecule has 0 radical (unpaired) electrons. The highest BCUT2D eigenvalue weighted by Gasteiger charge is 2.09. The van der Waals surface area contributed by atoms with Crippen molar-refractivity contribution in [2.75, 3.05) is 12.9 Å². The summed E-state index contributed by atoms with van der Waals surface area (Å²) in [7, 11) is 1.62. The molecule has 0 unspecified atom stereocenters. The first kappa shape index (κ1) is 22.3. The van der Waals surface area contributed by atoms with Gasteiger partial charge >= 0.3 is 0 Å². The largest absolute Gasteiger partial charge is 0.497 e. The van der Waals surface area contributed by atoms with Gasteiger partial charge in [-0.3, -0.25) is 4.79 Å². The van der Waals surface area contributed by atoms with E-state index in [1.165, 1.54) is 39.4 Å². The van der Waals surface area contributed by atoms with Gasteiger partial charge in [0.05, 0.1) is 19.1 Å². The summed E-state index contributed by atoms with van der Waals surface area (Å²) in [5.41, 5.74) is 4.67.